The highest BCUT2D eigenvalue weighted by atomic mass is 16.6. The second-order valence-corrected chi connectivity index (χ2v) is 5.54. The van der Waals surface area contributed by atoms with Gasteiger partial charge in [0.15, 0.2) is 0 Å². The van der Waals surface area contributed by atoms with Gasteiger partial charge < -0.3 is 15.2 Å². The van der Waals surface area contributed by atoms with E-state index >= 15 is 0 Å². The maximum absolute atomic E-state index is 11.8. The molecule has 0 spiro atoms. The Bertz CT molecular complexity index is 491. The number of hydrogen-bond acceptors (Lipinski definition) is 5. The predicted octanol–water partition coefficient (Wildman–Crippen LogP) is 1.68. The number of carbonyl (C=O) groups is 2. The highest BCUT2D eigenvalue weighted by molar-refractivity contribution is 5.89. The minimum Gasteiger partial charge on any atom is -0.465 e. The van der Waals surface area contributed by atoms with Crippen LogP contribution in [0.25, 0.3) is 0 Å². The maximum Gasteiger partial charge on any atom is 0.337 e. The summed E-state index contributed by atoms with van der Waals surface area (Å²) in [5.74, 6) is -0.876. The smallest absolute Gasteiger partial charge is 0.337 e. The fraction of sp³-hybridized carbons (Fsp3) is 0.467. The van der Waals surface area contributed by atoms with E-state index in [0.29, 0.717) is 12.0 Å². The Morgan fingerprint density at radius 2 is 1.95 bits per heavy atom. The first-order valence-electron chi connectivity index (χ1n) is 6.38. The van der Waals surface area contributed by atoms with Gasteiger partial charge in [-0.25, -0.2) is 4.79 Å². The summed E-state index contributed by atoms with van der Waals surface area (Å²) < 4.78 is 9.86. The molecule has 0 saturated heterocycles. The molecule has 0 bridgehead atoms. The van der Waals surface area contributed by atoms with Gasteiger partial charge in [-0.2, -0.15) is 0 Å². The molecule has 1 aromatic carbocycles. The van der Waals surface area contributed by atoms with Crippen LogP contribution in [0.4, 0.5) is 0 Å². The molecule has 20 heavy (non-hydrogen) atoms. The number of hydrogen-bond donors (Lipinski definition) is 1. The molecule has 1 aromatic rings. The quantitative estimate of drug-likeness (QED) is 0.848. The lowest BCUT2D eigenvalue weighted by atomic mass is 10.0. The number of esters is 2. The number of carbonyl (C=O) groups excluding carboxylic acids is 2. The minimum atomic E-state index is -0.762. The summed E-state index contributed by atoms with van der Waals surface area (Å²) in [6, 6.07) is 6.08. The van der Waals surface area contributed by atoms with Crippen molar-refractivity contribution >= 4 is 11.9 Å². The molecule has 1 rings (SSSR count). The topological polar surface area (TPSA) is 78.6 Å². The average molecular weight is 279 g/mol. The SMILES string of the molecule is COC(=O)c1cccc(C[C@@H](N)C(=O)OC(C)(C)C)c1. The van der Waals surface area contributed by atoms with E-state index in [1.165, 1.54) is 7.11 Å². The van der Waals surface area contributed by atoms with E-state index in [-0.39, 0.29) is 0 Å². The number of ether oxygens (including phenoxy) is 2. The lowest BCUT2D eigenvalue weighted by Gasteiger charge is -2.22. The molecule has 110 valence electrons. The highest BCUT2D eigenvalue weighted by Gasteiger charge is 2.22. The van der Waals surface area contributed by atoms with Crippen LogP contribution in [0.3, 0.4) is 0 Å². The van der Waals surface area contributed by atoms with Crippen molar-refractivity contribution in [2.24, 2.45) is 5.73 Å². The van der Waals surface area contributed by atoms with Crippen molar-refractivity contribution in [2.45, 2.75) is 38.8 Å². The van der Waals surface area contributed by atoms with E-state index in [0.717, 1.165) is 5.56 Å². The second kappa shape index (κ2) is 6.52. The van der Waals surface area contributed by atoms with Gasteiger partial charge in [0, 0.05) is 0 Å². The van der Waals surface area contributed by atoms with Crippen molar-refractivity contribution in [3.05, 3.63) is 35.4 Å². The Kier molecular flexibility index (Phi) is 5.27. The van der Waals surface area contributed by atoms with E-state index in [4.69, 9.17) is 10.5 Å². The van der Waals surface area contributed by atoms with Gasteiger partial charge in [0.25, 0.3) is 0 Å². The third-order valence-corrected chi connectivity index (χ3v) is 2.51. The molecule has 0 aromatic heterocycles. The van der Waals surface area contributed by atoms with Crippen molar-refractivity contribution in [2.75, 3.05) is 7.11 Å². The van der Waals surface area contributed by atoms with Crippen LogP contribution >= 0.6 is 0 Å². The largest absolute Gasteiger partial charge is 0.465 e. The van der Waals surface area contributed by atoms with Gasteiger partial charge >= 0.3 is 11.9 Å². The third kappa shape index (κ3) is 5.01. The van der Waals surface area contributed by atoms with Crippen LogP contribution in [0.5, 0.6) is 0 Å². The Labute approximate surface area is 119 Å². The van der Waals surface area contributed by atoms with Crippen LogP contribution in [0.2, 0.25) is 0 Å². The van der Waals surface area contributed by atoms with E-state index in [1.54, 1.807) is 45.0 Å². The van der Waals surface area contributed by atoms with Crippen LogP contribution < -0.4 is 5.73 Å². The van der Waals surface area contributed by atoms with Crippen molar-refractivity contribution in [1.29, 1.82) is 0 Å². The van der Waals surface area contributed by atoms with Gasteiger partial charge in [-0.05, 0) is 44.9 Å². The van der Waals surface area contributed by atoms with Gasteiger partial charge in [-0.3, -0.25) is 4.79 Å². The van der Waals surface area contributed by atoms with Crippen molar-refractivity contribution in [3.63, 3.8) is 0 Å². The van der Waals surface area contributed by atoms with Crippen molar-refractivity contribution in [3.8, 4) is 0 Å². The molecular weight excluding hydrogens is 258 g/mol. The summed E-state index contributed by atoms with van der Waals surface area (Å²) >= 11 is 0. The zero-order valence-electron chi connectivity index (χ0n) is 12.3. The Hall–Kier alpha value is -1.88. The molecule has 0 saturated carbocycles. The monoisotopic (exact) mass is 279 g/mol. The number of nitrogens with two attached hydrogens (primary N) is 1. The molecule has 0 fully saturated rings. The molecular formula is C15H21NO4. The highest BCUT2D eigenvalue weighted by Crippen LogP contribution is 2.12. The normalized spacial score (nSPS) is 12.7. The molecule has 0 unspecified atom stereocenters. The first kappa shape index (κ1) is 16.2. The minimum absolute atomic E-state index is 0.305. The predicted molar refractivity (Wildman–Crippen MR) is 75.3 cm³/mol. The Morgan fingerprint density at radius 3 is 2.50 bits per heavy atom. The lowest BCUT2D eigenvalue weighted by molar-refractivity contribution is -0.156. The first-order chi connectivity index (χ1) is 9.23. The van der Waals surface area contributed by atoms with E-state index < -0.39 is 23.6 Å². The molecule has 0 amide bonds. The summed E-state index contributed by atoms with van der Waals surface area (Å²) in [4.78, 5) is 23.2. The standard InChI is InChI=1S/C15H21NO4/c1-15(2,3)20-14(18)12(16)9-10-6-5-7-11(8-10)13(17)19-4/h5-8,12H,9,16H2,1-4H3/t12-/m1/s1. The van der Waals surface area contributed by atoms with Crippen LogP contribution in [0.15, 0.2) is 24.3 Å². The zero-order valence-corrected chi connectivity index (χ0v) is 12.3. The van der Waals surface area contributed by atoms with Gasteiger partial charge in [-0.15, -0.1) is 0 Å². The van der Waals surface area contributed by atoms with Gasteiger partial charge in [0.2, 0.25) is 0 Å². The number of methoxy groups -OCH3 is 1. The summed E-state index contributed by atoms with van der Waals surface area (Å²) in [5.41, 5.74) is 6.47. The molecule has 5 nitrogen and oxygen atoms in total. The fourth-order valence-corrected chi connectivity index (χ4v) is 1.66. The van der Waals surface area contributed by atoms with Gasteiger partial charge in [-0.1, -0.05) is 12.1 Å². The summed E-state index contributed by atoms with van der Waals surface area (Å²) in [6.07, 6.45) is 0.305. The molecule has 0 aliphatic rings. The number of rotatable bonds is 4. The van der Waals surface area contributed by atoms with Crippen LogP contribution in [-0.4, -0.2) is 30.7 Å². The second-order valence-electron chi connectivity index (χ2n) is 5.54. The summed E-state index contributed by atoms with van der Waals surface area (Å²) in [6.45, 7) is 5.36. The summed E-state index contributed by atoms with van der Waals surface area (Å²) in [5, 5.41) is 0. The average Bonchev–Trinajstić information content (AvgIpc) is 2.36. The van der Waals surface area contributed by atoms with E-state index in [2.05, 4.69) is 4.74 Å². The lowest BCUT2D eigenvalue weighted by Crippen LogP contribution is -2.38. The van der Waals surface area contributed by atoms with E-state index in [1.807, 2.05) is 0 Å². The van der Waals surface area contributed by atoms with Crippen LogP contribution in [-0.2, 0) is 20.7 Å². The molecule has 0 radical (unpaired) electrons. The molecule has 1 atom stereocenters. The molecule has 2 N–H and O–H groups in total. The molecule has 0 heterocycles. The first-order valence-corrected chi connectivity index (χ1v) is 6.38. The molecule has 0 aliphatic heterocycles. The Balaban J connectivity index is 2.73. The van der Waals surface area contributed by atoms with Crippen LogP contribution in [0.1, 0.15) is 36.7 Å². The third-order valence-electron chi connectivity index (χ3n) is 2.51. The molecule has 5 heteroatoms. The van der Waals surface area contributed by atoms with Crippen LogP contribution in [0, 0.1) is 0 Å². The van der Waals surface area contributed by atoms with Gasteiger partial charge in [0.05, 0.1) is 12.7 Å². The number of benzene rings is 1. The van der Waals surface area contributed by atoms with E-state index in [9.17, 15) is 9.59 Å². The van der Waals surface area contributed by atoms with Gasteiger partial charge in [0.1, 0.15) is 11.6 Å². The van der Waals surface area contributed by atoms with Crippen molar-refractivity contribution in [1.82, 2.24) is 0 Å². The molecule has 0 aliphatic carbocycles. The summed E-state index contributed by atoms with van der Waals surface area (Å²) in [7, 11) is 1.32. The zero-order chi connectivity index (χ0) is 15.3. The fourth-order valence-electron chi connectivity index (χ4n) is 1.66. The van der Waals surface area contributed by atoms with Crippen molar-refractivity contribution < 1.29 is 19.1 Å². The maximum atomic E-state index is 11.8. The Morgan fingerprint density at radius 1 is 1.30 bits per heavy atom.